The molecule has 0 aliphatic rings. The number of aryl methyl sites for hydroxylation is 2. The molecule has 0 radical (unpaired) electrons. The number of anilines is 1. The average molecular weight is 365 g/mol. The lowest BCUT2D eigenvalue weighted by molar-refractivity contribution is -0.116. The minimum atomic E-state index is 0.00875. The Morgan fingerprint density at radius 1 is 1.27 bits per heavy atom. The smallest absolute Gasteiger partial charge is 0.225 e. The van der Waals surface area contributed by atoms with Gasteiger partial charge in [0.2, 0.25) is 5.91 Å². The Balaban J connectivity index is 1.74. The van der Waals surface area contributed by atoms with E-state index in [4.69, 9.17) is 0 Å². The van der Waals surface area contributed by atoms with Crippen LogP contribution in [0.2, 0.25) is 0 Å². The predicted octanol–water partition coefficient (Wildman–Crippen LogP) is 2.92. The van der Waals surface area contributed by atoms with E-state index in [2.05, 4.69) is 38.6 Å². The Morgan fingerprint density at radius 2 is 1.95 bits per heavy atom. The fourth-order valence-electron chi connectivity index (χ4n) is 2.25. The average Bonchev–Trinajstić information content (AvgIpc) is 2.72. The van der Waals surface area contributed by atoms with Crippen LogP contribution in [0.1, 0.15) is 23.4 Å². The van der Waals surface area contributed by atoms with Gasteiger partial charge in [-0.15, -0.1) is 0 Å². The number of carbonyl (C=O) groups excluding carboxylic acids is 1. The van der Waals surface area contributed by atoms with E-state index in [1.54, 1.807) is 0 Å². The highest BCUT2D eigenvalue weighted by atomic mass is 79.9. The molecule has 6 heteroatoms. The number of aromatic nitrogens is 2. The number of carbonyl (C=O) groups is 1. The van der Waals surface area contributed by atoms with Gasteiger partial charge in [-0.2, -0.15) is 5.10 Å². The normalized spacial score (nSPS) is 10.7. The number of amides is 1. The molecule has 1 amide bonds. The lowest BCUT2D eigenvalue weighted by Crippen LogP contribution is -2.22. The van der Waals surface area contributed by atoms with Gasteiger partial charge < -0.3 is 10.6 Å². The van der Waals surface area contributed by atoms with Gasteiger partial charge in [-0.3, -0.25) is 9.48 Å². The highest BCUT2D eigenvalue weighted by Gasteiger charge is 2.09. The first-order chi connectivity index (χ1) is 10.5. The van der Waals surface area contributed by atoms with Crippen molar-refractivity contribution >= 4 is 27.5 Å². The minimum absolute atomic E-state index is 0.00875. The van der Waals surface area contributed by atoms with Crippen molar-refractivity contribution in [3.8, 4) is 0 Å². The Labute approximate surface area is 139 Å². The van der Waals surface area contributed by atoms with Crippen LogP contribution in [-0.2, 0) is 18.4 Å². The first kappa shape index (κ1) is 16.7. The van der Waals surface area contributed by atoms with Crippen LogP contribution >= 0.6 is 15.9 Å². The highest BCUT2D eigenvalue weighted by molar-refractivity contribution is 9.10. The van der Waals surface area contributed by atoms with E-state index in [1.807, 2.05) is 42.9 Å². The summed E-state index contributed by atoms with van der Waals surface area (Å²) in [6.45, 7) is 5.43. The molecule has 0 bridgehead atoms. The van der Waals surface area contributed by atoms with E-state index < -0.39 is 0 Å². The molecule has 0 saturated carbocycles. The number of halogens is 1. The molecule has 2 rings (SSSR count). The second-order valence-corrected chi connectivity index (χ2v) is 6.17. The summed E-state index contributed by atoms with van der Waals surface area (Å²) in [6.07, 6.45) is 0.439. The quantitative estimate of drug-likeness (QED) is 0.774. The van der Waals surface area contributed by atoms with Gasteiger partial charge in [0.05, 0.1) is 5.69 Å². The third-order valence-corrected chi connectivity index (χ3v) is 4.15. The van der Waals surface area contributed by atoms with Crippen LogP contribution < -0.4 is 10.6 Å². The summed E-state index contributed by atoms with van der Waals surface area (Å²) in [4.78, 5) is 11.9. The van der Waals surface area contributed by atoms with Crippen LogP contribution in [0, 0.1) is 13.8 Å². The second-order valence-electron chi connectivity index (χ2n) is 5.25. The summed E-state index contributed by atoms with van der Waals surface area (Å²) >= 11 is 3.37. The van der Waals surface area contributed by atoms with Crippen LogP contribution in [0.3, 0.4) is 0 Å². The van der Waals surface area contributed by atoms with E-state index >= 15 is 0 Å². The zero-order valence-electron chi connectivity index (χ0n) is 13.1. The van der Waals surface area contributed by atoms with Gasteiger partial charge in [-0.05, 0) is 38.1 Å². The molecule has 2 aromatic rings. The van der Waals surface area contributed by atoms with E-state index in [1.165, 1.54) is 5.56 Å². The molecular formula is C16H21BrN4O. The van der Waals surface area contributed by atoms with E-state index in [0.29, 0.717) is 13.0 Å². The fourth-order valence-corrected chi connectivity index (χ4v) is 2.51. The van der Waals surface area contributed by atoms with Crippen molar-refractivity contribution in [3.63, 3.8) is 0 Å². The van der Waals surface area contributed by atoms with E-state index in [0.717, 1.165) is 28.1 Å². The lowest BCUT2D eigenvalue weighted by Gasteiger charge is -2.07. The Bertz CT molecular complexity index is 649. The lowest BCUT2D eigenvalue weighted by atomic mass is 10.2. The molecule has 1 aromatic carbocycles. The Hall–Kier alpha value is -1.66. The summed E-state index contributed by atoms with van der Waals surface area (Å²) in [7, 11) is 1.94. The molecule has 0 atom stereocenters. The molecule has 1 aromatic heterocycles. The Morgan fingerprint density at radius 3 is 2.55 bits per heavy atom. The van der Waals surface area contributed by atoms with Crippen LogP contribution in [-0.4, -0.2) is 22.2 Å². The molecule has 118 valence electrons. The zero-order valence-corrected chi connectivity index (χ0v) is 14.7. The number of hydrogen-bond acceptors (Lipinski definition) is 3. The number of rotatable bonds is 6. The minimum Gasteiger partial charge on any atom is -0.326 e. The van der Waals surface area contributed by atoms with Crippen LogP contribution in [0.5, 0.6) is 0 Å². The van der Waals surface area contributed by atoms with Crippen LogP contribution in [0.25, 0.3) is 0 Å². The van der Waals surface area contributed by atoms with Gasteiger partial charge in [0.25, 0.3) is 0 Å². The summed E-state index contributed by atoms with van der Waals surface area (Å²) in [5.41, 5.74) is 4.21. The van der Waals surface area contributed by atoms with Crippen molar-refractivity contribution < 1.29 is 4.79 Å². The molecule has 0 aliphatic heterocycles. The van der Waals surface area contributed by atoms with Gasteiger partial charge >= 0.3 is 0 Å². The molecule has 0 fully saturated rings. The summed E-state index contributed by atoms with van der Waals surface area (Å²) in [5.74, 6) is 0.00875. The van der Waals surface area contributed by atoms with Crippen molar-refractivity contribution in [2.24, 2.45) is 7.05 Å². The molecular weight excluding hydrogens is 344 g/mol. The standard InChI is InChI=1S/C16H21BrN4O/c1-11-15(12(2)21(3)20-11)10-18-9-8-16(22)19-14-6-4-13(17)5-7-14/h4-7,18H,8-10H2,1-3H3,(H,19,22). The van der Waals surface area contributed by atoms with Crippen molar-refractivity contribution in [1.29, 1.82) is 0 Å². The summed E-state index contributed by atoms with van der Waals surface area (Å²) in [5, 5.41) is 10.6. The fraction of sp³-hybridized carbons (Fsp3) is 0.375. The molecule has 2 N–H and O–H groups in total. The number of benzene rings is 1. The first-order valence-electron chi connectivity index (χ1n) is 7.22. The van der Waals surface area contributed by atoms with Gasteiger partial charge in [0, 0.05) is 48.0 Å². The van der Waals surface area contributed by atoms with Gasteiger partial charge in [-0.25, -0.2) is 0 Å². The monoisotopic (exact) mass is 364 g/mol. The van der Waals surface area contributed by atoms with E-state index in [-0.39, 0.29) is 5.91 Å². The third-order valence-electron chi connectivity index (χ3n) is 3.62. The maximum absolute atomic E-state index is 11.9. The van der Waals surface area contributed by atoms with Crippen LogP contribution in [0.4, 0.5) is 5.69 Å². The largest absolute Gasteiger partial charge is 0.326 e. The van der Waals surface area contributed by atoms with Crippen molar-refractivity contribution in [2.45, 2.75) is 26.8 Å². The maximum Gasteiger partial charge on any atom is 0.225 e. The summed E-state index contributed by atoms with van der Waals surface area (Å²) in [6, 6.07) is 7.55. The molecule has 0 aliphatic carbocycles. The number of hydrogen-bond donors (Lipinski definition) is 2. The van der Waals surface area contributed by atoms with E-state index in [9.17, 15) is 4.79 Å². The maximum atomic E-state index is 11.9. The number of nitrogens with zero attached hydrogens (tertiary/aromatic N) is 2. The van der Waals surface area contributed by atoms with Gasteiger partial charge in [0.15, 0.2) is 0 Å². The molecule has 0 saturated heterocycles. The second kappa shape index (κ2) is 7.56. The van der Waals surface area contributed by atoms with Crippen molar-refractivity contribution in [3.05, 3.63) is 45.7 Å². The SMILES string of the molecule is Cc1nn(C)c(C)c1CNCCC(=O)Nc1ccc(Br)cc1. The topological polar surface area (TPSA) is 59.0 Å². The molecule has 1 heterocycles. The molecule has 22 heavy (non-hydrogen) atoms. The van der Waals surface area contributed by atoms with Crippen LogP contribution in [0.15, 0.2) is 28.7 Å². The summed E-state index contributed by atoms with van der Waals surface area (Å²) < 4.78 is 2.88. The van der Waals surface area contributed by atoms with Gasteiger partial charge in [-0.1, -0.05) is 15.9 Å². The Kier molecular flexibility index (Phi) is 5.74. The predicted molar refractivity (Wildman–Crippen MR) is 91.8 cm³/mol. The first-order valence-corrected chi connectivity index (χ1v) is 8.02. The highest BCUT2D eigenvalue weighted by Crippen LogP contribution is 2.14. The van der Waals surface area contributed by atoms with Crippen molar-refractivity contribution in [2.75, 3.05) is 11.9 Å². The van der Waals surface area contributed by atoms with Gasteiger partial charge in [0.1, 0.15) is 0 Å². The molecule has 0 unspecified atom stereocenters. The third kappa shape index (κ3) is 4.42. The number of nitrogens with one attached hydrogen (secondary N) is 2. The zero-order chi connectivity index (χ0) is 16.1. The molecule has 0 spiro atoms. The molecule has 5 nitrogen and oxygen atoms in total. The van der Waals surface area contributed by atoms with Crippen molar-refractivity contribution in [1.82, 2.24) is 15.1 Å².